The lowest BCUT2D eigenvalue weighted by Crippen LogP contribution is -2.46. The summed E-state index contributed by atoms with van der Waals surface area (Å²) in [5.74, 6) is 0.429. The van der Waals surface area contributed by atoms with Crippen LogP contribution in [0.25, 0.3) is 0 Å². The number of likely N-dealkylation sites (N-methyl/N-ethyl adjacent to an activating group) is 1. The Morgan fingerprint density at radius 3 is 2.67 bits per heavy atom. The molecule has 0 fully saturated rings. The molecule has 36 heavy (non-hydrogen) atoms. The molecule has 3 rings (SSSR count). The van der Waals surface area contributed by atoms with Gasteiger partial charge in [0.15, 0.2) is 0 Å². The number of carbonyl (C=O) groups excluding carboxylic acids is 2. The van der Waals surface area contributed by atoms with Crippen molar-refractivity contribution in [1.82, 2.24) is 25.1 Å². The highest BCUT2D eigenvalue weighted by atomic mass is 16.5. The fourth-order valence-corrected chi connectivity index (χ4v) is 4.21. The number of aromatic nitrogens is 2. The minimum atomic E-state index is -0.311. The first-order chi connectivity index (χ1) is 17.3. The van der Waals surface area contributed by atoms with E-state index >= 15 is 0 Å². The third kappa shape index (κ3) is 7.38. The van der Waals surface area contributed by atoms with Gasteiger partial charge in [0.2, 0.25) is 0 Å². The van der Waals surface area contributed by atoms with E-state index in [9.17, 15) is 9.59 Å². The van der Waals surface area contributed by atoms with Crippen molar-refractivity contribution in [2.24, 2.45) is 5.92 Å². The summed E-state index contributed by atoms with van der Waals surface area (Å²) in [7, 11) is 3.44. The van der Waals surface area contributed by atoms with Gasteiger partial charge in [0, 0.05) is 70.0 Å². The Kier molecular flexibility index (Phi) is 10.0. The average molecular weight is 499 g/mol. The Labute approximate surface area is 213 Å². The van der Waals surface area contributed by atoms with E-state index < -0.39 is 0 Å². The first-order valence-electron chi connectivity index (χ1n) is 12.4. The van der Waals surface area contributed by atoms with Crippen molar-refractivity contribution in [3.8, 4) is 5.75 Å². The number of urea groups is 1. The van der Waals surface area contributed by atoms with E-state index in [1.54, 1.807) is 37.3 Å². The first-order valence-corrected chi connectivity index (χ1v) is 12.4. The van der Waals surface area contributed by atoms with Gasteiger partial charge in [0.05, 0.1) is 11.7 Å². The van der Waals surface area contributed by atoms with E-state index in [-0.39, 0.29) is 30.0 Å². The Morgan fingerprint density at radius 1 is 1.22 bits per heavy atom. The second-order valence-electron chi connectivity index (χ2n) is 9.37. The van der Waals surface area contributed by atoms with Crippen LogP contribution >= 0.6 is 0 Å². The Bertz CT molecular complexity index is 1010. The number of methoxy groups -OCH3 is 1. The standard InChI is InChI=1S/C26H38N6O4/c1-6-9-29-26(34)30-21-7-8-23-22(10-21)25(33)31(4)15-24(35-5)18(2)13-32(19(3)16-36-23)14-20-11-27-17-28-12-20/h7-8,10-12,17-19,24H,6,9,13-16H2,1-5H3,(H2,29,30,34)/t18-,19+,24+/m0/s1. The average Bonchev–Trinajstić information content (AvgIpc) is 2.88. The molecule has 196 valence electrons. The quantitative estimate of drug-likeness (QED) is 0.630. The van der Waals surface area contributed by atoms with Crippen LogP contribution in [0.5, 0.6) is 5.75 Å². The largest absolute Gasteiger partial charge is 0.491 e. The SMILES string of the molecule is CCCNC(=O)Nc1ccc2c(c1)C(=O)N(C)C[C@@H](OC)[C@@H](C)CN(Cc1cncnc1)[C@H](C)CO2. The maximum absolute atomic E-state index is 13.5. The van der Waals surface area contributed by atoms with Gasteiger partial charge in [0.1, 0.15) is 18.7 Å². The summed E-state index contributed by atoms with van der Waals surface area (Å²) < 4.78 is 12.0. The number of carbonyl (C=O) groups is 2. The van der Waals surface area contributed by atoms with Gasteiger partial charge in [-0.15, -0.1) is 0 Å². The molecular formula is C26H38N6O4. The van der Waals surface area contributed by atoms with E-state index in [2.05, 4.69) is 39.3 Å². The number of hydrogen-bond donors (Lipinski definition) is 2. The molecule has 1 aromatic carbocycles. The number of fused-ring (bicyclic) bond motifs is 1. The molecule has 3 atom stereocenters. The monoisotopic (exact) mass is 498 g/mol. The van der Waals surface area contributed by atoms with Crippen molar-refractivity contribution in [3.63, 3.8) is 0 Å². The van der Waals surface area contributed by atoms with E-state index in [1.165, 1.54) is 6.33 Å². The van der Waals surface area contributed by atoms with Gasteiger partial charge in [-0.05, 0) is 37.5 Å². The number of ether oxygens (including phenoxy) is 2. The van der Waals surface area contributed by atoms with Crippen LogP contribution in [0.1, 0.15) is 43.1 Å². The molecule has 2 aromatic rings. The van der Waals surface area contributed by atoms with Gasteiger partial charge in [-0.25, -0.2) is 14.8 Å². The molecule has 1 aliphatic heterocycles. The maximum Gasteiger partial charge on any atom is 0.319 e. The summed E-state index contributed by atoms with van der Waals surface area (Å²) in [6.07, 6.45) is 5.84. The molecule has 0 radical (unpaired) electrons. The van der Waals surface area contributed by atoms with Crippen molar-refractivity contribution in [2.75, 3.05) is 45.7 Å². The lowest BCUT2D eigenvalue weighted by Gasteiger charge is -2.36. The van der Waals surface area contributed by atoms with Crippen LogP contribution in [-0.2, 0) is 11.3 Å². The Morgan fingerprint density at radius 2 is 1.97 bits per heavy atom. The Hall–Kier alpha value is -3.24. The van der Waals surface area contributed by atoms with Gasteiger partial charge in [-0.3, -0.25) is 9.69 Å². The van der Waals surface area contributed by atoms with Crippen molar-refractivity contribution >= 4 is 17.6 Å². The number of nitrogens with one attached hydrogen (secondary N) is 2. The number of benzene rings is 1. The van der Waals surface area contributed by atoms with Gasteiger partial charge < -0.3 is 25.0 Å². The maximum atomic E-state index is 13.5. The molecule has 0 unspecified atom stereocenters. The number of nitrogens with zero attached hydrogens (tertiary/aromatic N) is 4. The molecule has 0 saturated heterocycles. The molecule has 1 aromatic heterocycles. The van der Waals surface area contributed by atoms with Crippen LogP contribution in [0.3, 0.4) is 0 Å². The Balaban J connectivity index is 1.89. The van der Waals surface area contributed by atoms with Gasteiger partial charge >= 0.3 is 6.03 Å². The second kappa shape index (κ2) is 13.2. The third-order valence-electron chi connectivity index (χ3n) is 6.37. The minimum absolute atomic E-state index is 0.0443. The molecule has 0 spiro atoms. The number of rotatable bonds is 6. The summed E-state index contributed by atoms with van der Waals surface area (Å²) >= 11 is 0. The predicted octanol–water partition coefficient (Wildman–Crippen LogP) is 3.01. The summed E-state index contributed by atoms with van der Waals surface area (Å²) in [5.41, 5.74) is 1.93. The highest BCUT2D eigenvalue weighted by molar-refractivity contribution is 5.99. The molecule has 0 aliphatic carbocycles. The van der Waals surface area contributed by atoms with Crippen LogP contribution in [0.2, 0.25) is 0 Å². The van der Waals surface area contributed by atoms with Crippen molar-refractivity contribution in [2.45, 2.75) is 45.9 Å². The topological polar surface area (TPSA) is 109 Å². The lowest BCUT2D eigenvalue weighted by atomic mass is 10.0. The van der Waals surface area contributed by atoms with Crippen molar-refractivity contribution in [1.29, 1.82) is 0 Å². The fraction of sp³-hybridized carbons (Fsp3) is 0.538. The van der Waals surface area contributed by atoms with Crippen LogP contribution in [0.15, 0.2) is 36.9 Å². The zero-order valence-corrected chi connectivity index (χ0v) is 21.9. The van der Waals surface area contributed by atoms with Crippen LogP contribution < -0.4 is 15.4 Å². The molecule has 10 nitrogen and oxygen atoms in total. The van der Waals surface area contributed by atoms with Crippen LogP contribution in [0.4, 0.5) is 10.5 Å². The molecule has 2 heterocycles. The first kappa shape index (κ1) is 27.3. The summed E-state index contributed by atoms with van der Waals surface area (Å²) in [4.78, 5) is 37.9. The molecule has 0 bridgehead atoms. The number of amides is 3. The molecule has 10 heteroatoms. The van der Waals surface area contributed by atoms with Crippen molar-refractivity contribution in [3.05, 3.63) is 48.0 Å². The zero-order valence-electron chi connectivity index (χ0n) is 21.9. The molecule has 0 saturated carbocycles. The third-order valence-corrected chi connectivity index (χ3v) is 6.37. The smallest absolute Gasteiger partial charge is 0.319 e. The van der Waals surface area contributed by atoms with Gasteiger partial charge in [0.25, 0.3) is 5.91 Å². The van der Waals surface area contributed by atoms with Crippen molar-refractivity contribution < 1.29 is 19.1 Å². The summed E-state index contributed by atoms with van der Waals surface area (Å²) in [6.45, 7) is 9.01. The van der Waals surface area contributed by atoms with E-state index in [1.807, 2.05) is 19.3 Å². The summed E-state index contributed by atoms with van der Waals surface area (Å²) in [6, 6.07) is 4.88. The highest BCUT2D eigenvalue weighted by Gasteiger charge is 2.28. The fourth-order valence-electron chi connectivity index (χ4n) is 4.21. The normalized spacial score (nSPS) is 21.5. The van der Waals surface area contributed by atoms with E-state index in [0.29, 0.717) is 43.2 Å². The lowest BCUT2D eigenvalue weighted by molar-refractivity contribution is 0.00918. The van der Waals surface area contributed by atoms with Gasteiger partial charge in [-0.2, -0.15) is 0 Å². The second-order valence-corrected chi connectivity index (χ2v) is 9.37. The molecule has 2 N–H and O–H groups in total. The molecule has 1 aliphatic rings. The minimum Gasteiger partial charge on any atom is -0.491 e. The number of hydrogen-bond acceptors (Lipinski definition) is 7. The van der Waals surface area contributed by atoms with E-state index in [4.69, 9.17) is 9.47 Å². The molecular weight excluding hydrogens is 460 g/mol. The van der Waals surface area contributed by atoms with E-state index in [0.717, 1.165) is 18.5 Å². The zero-order chi connectivity index (χ0) is 26.1. The van der Waals surface area contributed by atoms with Gasteiger partial charge in [-0.1, -0.05) is 13.8 Å². The van der Waals surface area contributed by atoms with Crippen LogP contribution in [0, 0.1) is 5.92 Å². The number of anilines is 1. The predicted molar refractivity (Wildman–Crippen MR) is 138 cm³/mol. The highest BCUT2D eigenvalue weighted by Crippen LogP contribution is 2.26. The molecule has 3 amide bonds. The van der Waals surface area contributed by atoms with Crippen LogP contribution in [-0.4, -0.2) is 84.3 Å². The summed E-state index contributed by atoms with van der Waals surface area (Å²) in [5, 5.41) is 5.58.